The molecule has 96 valence electrons. The number of rotatable bonds is 6. The third-order valence-corrected chi connectivity index (χ3v) is 2.60. The van der Waals surface area contributed by atoms with Crippen molar-refractivity contribution in [1.82, 2.24) is 0 Å². The summed E-state index contributed by atoms with van der Waals surface area (Å²) in [5.41, 5.74) is 7.18. The second-order valence-electron chi connectivity index (χ2n) is 4.83. The Labute approximate surface area is 104 Å². The molecule has 1 aromatic carbocycles. The van der Waals surface area contributed by atoms with Gasteiger partial charge in [-0.25, -0.2) is 0 Å². The predicted molar refractivity (Wildman–Crippen MR) is 70.4 cm³/mol. The second-order valence-corrected chi connectivity index (χ2v) is 4.83. The Morgan fingerprint density at radius 3 is 2.65 bits per heavy atom. The van der Waals surface area contributed by atoms with Gasteiger partial charge in [0.15, 0.2) is 11.5 Å². The fourth-order valence-electron chi connectivity index (χ4n) is 1.95. The Bertz CT molecular complexity index is 350. The van der Waals surface area contributed by atoms with Crippen LogP contribution in [0.3, 0.4) is 0 Å². The van der Waals surface area contributed by atoms with Crippen LogP contribution in [0.5, 0.6) is 11.5 Å². The van der Waals surface area contributed by atoms with Gasteiger partial charge in [0.05, 0.1) is 6.61 Å². The van der Waals surface area contributed by atoms with E-state index in [0.717, 1.165) is 18.4 Å². The summed E-state index contributed by atoms with van der Waals surface area (Å²) in [7, 11) is 0. The van der Waals surface area contributed by atoms with Crippen LogP contribution >= 0.6 is 0 Å². The Morgan fingerprint density at radius 1 is 1.35 bits per heavy atom. The Morgan fingerprint density at radius 2 is 2.06 bits per heavy atom. The van der Waals surface area contributed by atoms with E-state index in [4.69, 9.17) is 10.5 Å². The summed E-state index contributed by atoms with van der Waals surface area (Å²) in [6, 6.07) is 5.61. The number of aromatic hydroxyl groups is 1. The van der Waals surface area contributed by atoms with E-state index in [-0.39, 0.29) is 11.8 Å². The molecule has 3 N–H and O–H groups in total. The minimum absolute atomic E-state index is 0.161. The molecular weight excluding hydrogens is 214 g/mol. The molecule has 0 heterocycles. The number of phenolic OH excluding ortho intramolecular Hbond substituents is 1. The third kappa shape index (κ3) is 4.65. The number of benzene rings is 1. The molecule has 0 aliphatic heterocycles. The van der Waals surface area contributed by atoms with Gasteiger partial charge in [-0.15, -0.1) is 0 Å². The maximum Gasteiger partial charge on any atom is 0.161 e. The quantitative estimate of drug-likeness (QED) is 0.799. The van der Waals surface area contributed by atoms with Crippen LogP contribution in [-0.4, -0.2) is 17.8 Å². The molecular formula is C14H23NO2. The maximum absolute atomic E-state index is 9.59. The van der Waals surface area contributed by atoms with Crippen molar-refractivity contribution in [3.8, 4) is 11.5 Å². The van der Waals surface area contributed by atoms with E-state index in [1.807, 2.05) is 19.1 Å². The van der Waals surface area contributed by atoms with Gasteiger partial charge in [0.2, 0.25) is 0 Å². The Balaban J connectivity index is 2.68. The van der Waals surface area contributed by atoms with Crippen molar-refractivity contribution in [2.24, 2.45) is 11.7 Å². The molecule has 0 bridgehead atoms. The first-order valence-corrected chi connectivity index (χ1v) is 6.23. The molecule has 1 rings (SSSR count). The minimum atomic E-state index is 0.161. The van der Waals surface area contributed by atoms with E-state index in [1.165, 1.54) is 0 Å². The summed E-state index contributed by atoms with van der Waals surface area (Å²) < 4.78 is 5.35. The van der Waals surface area contributed by atoms with Crippen LogP contribution < -0.4 is 10.5 Å². The van der Waals surface area contributed by atoms with Crippen molar-refractivity contribution in [2.45, 2.75) is 39.7 Å². The first-order chi connectivity index (χ1) is 8.02. The van der Waals surface area contributed by atoms with Crippen LogP contribution in [-0.2, 0) is 6.42 Å². The molecule has 0 aliphatic rings. The highest BCUT2D eigenvalue weighted by Gasteiger charge is 2.09. The lowest BCUT2D eigenvalue weighted by molar-refractivity contribution is 0.317. The van der Waals surface area contributed by atoms with Crippen LogP contribution in [0.25, 0.3) is 0 Å². The lowest BCUT2D eigenvalue weighted by Crippen LogP contribution is -2.24. The van der Waals surface area contributed by atoms with Crippen LogP contribution in [0, 0.1) is 5.92 Å². The van der Waals surface area contributed by atoms with Crippen LogP contribution in [0.2, 0.25) is 0 Å². The number of hydrogen-bond acceptors (Lipinski definition) is 3. The van der Waals surface area contributed by atoms with Gasteiger partial charge in [-0.2, -0.15) is 0 Å². The topological polar surface area (TPSA) is 55.5 Å². The molecule has 0 spiro atoms. The normalized spacial score (nSPS) is 12.8. The molecule has 0 fully saturated rings. The van der Waals surface area contributed by atoms with Gasteiger partial charge in [-0.05, 0) is 43.4 Å². The summed E-state index contributed by atoms with van der Waals surface area (Å²) in [6.07, 6.45) is 1.82. The zero-order valence-corrected chi connectivity index (χ0v) is 10.9. The van der Waals surface area contributed by atoms with E-state index >= 15 is 0 Å². The summed E-state index contributed by atoms with van der Waals surface area (Å²) >= 11 is 0. The first-order valence-electron chi connectivity index (χ1n) is 6.23. The molecule has 1 aromatic rings. The lowest BCUT2D eigenvalue weighted by atomic mass is 9.98. The van der Waals surface area contributed by atoms with Crippen molar-refractivity contribution in [1.29, 1.82) is 0 Å². The Kier molecular flexibility index (Phi) is 5.29. The molecule has 1 atom stereocenters. The van der Waals surface area contributed by atoms with E-state index < -0.39 is 0 Å². The summed E-state index contributed by atoms with van der Waals surface area (Å²) in [6.45, 7) is 6.79. The van der Waals surface area contributed by atoms with Gasteiger partial charge in [0, 0.05) is 6.04 Å². The molecule has 0 aromatic heterocycles. The highest BCUT2D eigenvalue weighted by molar-refractivity contribution is 5.42. The average Bonchev–Trinajstić information content (AvgIpc) is 2.22. The van der Waals surface area contributed by atoms with Gasteiger partial charge in [-0.3, -0.25) is 0 Å². The zero-order chi connectivity index (χ0) is 12.8. The highest BCUT2D eigenvalue weighted by atomic mass is 16.5. The smallest absolute Gasteiger partial charge is 0.161 e. The van der Waals surface area contributed by atoms with Gasteiger partial charge >= 0.3 is 0 Å². The van der Waals surface area contributed by atoms with E-state index in [9.17, 15) is 5.11 Å². The molecule has 17 heavy (non-hydrogen) atoms. The number of phenols is 1. The van der Waals surface area contributed by atoms with Gasteiger partial charge in [0.25, 0.3) is 0 Å². The van der Waals surface area contributed by atoms with Crippen molar-refractivity contribution in [3.63, 3.8) is 0 Å². The van der Waals surface area contributed by atoms with E-state index in [0.29, 0.717) is 18.3 Å². The fourth-order valence-corrected chi connectivity index (χ4v) is 1.95. The predicted octanol–water partition coefficient (Wildman–Crippen LogP) is 2.71. The summed E-state index contributed by atoms with van der Waals surface area (Å²) in [4.78, 5) is 0. The number of hydrogen-bond donors (Lipinski definition) is 2. The van der Waals surface area contributed by atoms with Crippen molar-refractivity contribution >= 4 is 0 Å². The molecule has 0 radical (unpaired) electrons. The molecule has 0 saturated heterocycles. The fraction of sp³-hybridized carbons (Fsp3) is 0.571. The second kappa shape index (κ2) is 6.50. The Hall–Kier alpha value is -1.22. The van der Waals surface area contributed by atoms with Gasteiger partial charge in [0.1, 0.15) is 0 Å². The van der Waals surface area contributed by atoms with Crippen molar-refractivity contribution in [3.05, 3.63) is 23.8 Å². The highest BCUT2D eigenvalue weighted by Crippen LogP contribution is 2.27. The van der Waals surface area contributed by atoms with Crippen molar-refractivity contribution < 1.29 is 9.84 Å². The monoisotopic (exact) mass is 237 g/mol. The van der Waals surface area contributed by atoms with Crippen LogP contribution in [0.1, 0.15) is 32.8 Å². The van der Waals surface area contributed by atoms with Crippen molar-refractivity contribution in [2.75, 3.05) is 6.61 Å². The van der Waals surface area contributed by atoms with E-state index in [2.05, 4.69) is 13.8 Å². The molecule has 1 unspecified atom stereocenters. The largest absolute Gasteiger partial charge is 0.504 e. The molecule has 0 amide bonds. The number of nitrogens with two attached hydrogens (primary N) is 1. The molecule has 3 nitrogen and oxygen atoms in total. The zero-order valence-electron chi connectivity index (χ0n) is 10.9. The summed E-state index contributed by atoms with van der Waals surface area (Å²) in [5.74, 6) is 1.34. The lowest BCUT2D eigenvalue weighted by Gasteiger charge is -2.15. The third-order valence-electron chi connectivity index (χ3n) is 2.60. The standard InChI is InChI=1S/C14H23NO2/c1-4-17-14-9-11(5-6-13(14)16)8-12(15)7-10(2)3/h5-6,9-10,12,16H,4,7-8,15H2,1-3H3. The van der Waals surface area contributed by atoms with E-state index in [1.54, 1.807) is 6.07 Å². The van der Waals surface area contributed by atoms with Crippen LogP contribution in [0.4, 0.5) is 0 Å². The summed E-state index contributed by atoms with van der Waals surface area (Å²) in [5, 5.41) is 9.59. The van der Waals surface area contributed by atoms with Crippen LogP contribution in [0.15, 0.2) is 18.2 Å². The molecule has 3 heteroatoms. The minimum Gasteiger partial charge on any atom is -0.504 e. The molecule has 0 aliphatic carbocycles. The molecule has 0 saturated carbocycles. The van der Waals surface area contributed by atoms with Gasteiger partial charge in [-0.1, -0.05) is 19.9 Å². The average molecular weight is 237 g/mol. The number of ether oxygens (including phenoxy) is 1. The first kappa shape index (κ1) is 13.8. The SMILES string of the molecule is CCOc1cc(CC(N)CC(C)C)ccc1O. The van der Waals surface area contributed by atoms with Gasteiger partial charge < -0.3 is 15.6 Å². The maximum atomic E-state index is 9.59.